The molecule has 130 valence electrons. The van der Waals surface area contributed by atoms with Gasteiger partial charge in [-0.1, -0.05) is 42.5 Å². The molecule has 0 aliphatic carbocycles. The van der Waals surface area contributed by atoms with Gasteiger partial charge < -0.3 is 4.74 Å². The summed E-state index contributed by atoms with van der Waals surface area (Å²) in [6.07, 6.45) is 0. The molecule has 0 aliphatic rings. The van der Waals surface area contributed by atoms with Crippen molar-refractivity contribution in [1.82, 2.24) is 4.98 Å². The van der Waals surface area contributed by atoms with Gasteiger partial charge in [-0.15, -0.1) is 0 Å². The molecule has 0 spiro atoms. The molecule has 0 fully saturated rings. The van der Waals surface area contributed by atoms with Gasteiger partial charge in [-0.3, -0.25) is 4.55 Å². The smallest absolute Gasteiger partial charge is 0.295 e. The third kappa shape index (κ3) is 3.24. The van der Waals surface area contributed by atoms with Crippen molar-refractivity contribution in [3.63, 3.8) is 0 Å². The molecule has 0 saturated heterocycles. The summed E-state index contributed by atoms with van der Waals surface area (Å²) in [6.45, 7) is 0.254. The maximum absolute atomic E-state index is 11.6. The minimum atomic E-state index is -4.31. The molecule has 0 atom stereocenters. The van der Waals surface area contributed by atoms with Crippen molar-refractivity contribution < 1.29 is 17.7 Å². The van der Waals surface area contributed by atoms with Gasteiger partial charge in [0.25, 0.3) is 10.1 Å². The fourth-order valence-corrected chi connectivity index (χ4v) is 3.59. The number of pyridine rings is 1. The Morgan fingerprint density at radius 3 is 2.50 bits per heavy atom. The zero-order valence-electron chi connectivity index (χ0n) is 13.7. The lowest BCUT2D eigenvalue weighted by Gasteiger charge is -2.09. The average molecular weight is 365 g/mol. The van der Waals surface area contributed by atoms with E-state index in [4.69, 9.17) is 4.74 Å². The molecule has 6 heteroatoms. The van der Waals surface area contributed by atoms with Crippen LogP contribution in [0.15, 0.2) is 77.7 Å². The van der Waals surface area contributed by atoms with Crippen molar-refractivity contribution in [2.75, 3.05) is 0 Å². The fourth-order valence-electron chi connectivity index (χ4n) is 2.88. The second kappa shape index (κ2) is 6.40. The van der Waals surface area contributed by atoms with Gasteiger partial charge in [0, 0.05) is 10.8 Å². The number of rotatable bonds is 4. The molecule has 4 rings (SSSR count). The molecule has 0 unspecified atom stereocenters. The number of hydrogen-bond donors (Lipinski definition) is 1. The number of benzene rings is 3. The lowest BCUT2D eigenvalue weighted by atomic mass is 10.1. The van der Waals surface area contributed by atoms with Crippen LogP contribution >= 0.6 is 0 Å². The van der Waals surface area contributed by atoms with E-state index >= 15 is 0 Å². The van der Waals surface area contributed by atoms with E-state index in [-0.39, 0.29) is 11.5 Å². The lowest BCUT2D eigenvalue weighted by Crippen LogP contribution is -2.00. The van der Waals surface area contributed by atoms with Gasteiger partial charge >= 0.3 is 0 Å². The first kappa shape index (κ1) is 16.5. The first-order chi connectivity index (χ1) is 12.5. The summed E-state index contributed by atoms with van der Waals surface area (Å²) < 4.78 is 38.3. The van der Waals surface area contributed by atoms with Crippen molar-refractivity contribution in [2.45, 2.75) is 11.5 Å². The summed E-state index contributed by atoms with van der Waals surface area (Å²) in [5, 5.41) is 2.18. The molecule has 4 aromatic rings. The predicted molar refractivity (Wildman–Crippen MR) is 99.8 cm³/mol. The number of hydrogen-bond acceptors (Lipinski definition) is 4. The minimum absolute atomic E-state index is 0.135. The van der Waals surface area contributed by atoms with Gasteiger partial charge in [0.1, 0.15) is 17.3 Å². The number of para-hydroxylation sites is 1. The maximum Gasteiger partial charge on any atom is 0.295 e. The highest BCUT2D eigenvalue weighted by Crippen LogP contribution is 2.27. The van der Waals surface area contributed by atoms with Crippen molar-refractivity contribution in [1.29, 1.82) is 0 Å². The SMILES string of the molecule is O=S(=O)(O)c1cccc2ccc(OCc3ccc4ccccc4n3)cc12. The quantitative estimate of drug-likeness (QED) is 0.548. The molecule has 26 heavy (non-hydrogen) atoms. The highest BCUT2D eigenvalue weighted by molar-refractivity contribution is 7.86. The van der Waals surface area contributed by atoms with Crippen LogP contribution in [0.1, 0.15) is 5.69 Å². The molecule has 1 aromatic heterocycles. The second-order valence-corrected chi connectivity index (χ2v) is 7.29. The molecular weight excluding hydrogens is 350 g/mol. The summed E-state index contributed by atoms with van der Waals surface area (Å²) in [5.74, 6) is 0.503. The van der Waals surface area contributed by atoms with Crippen LogP contribution in [0.2, 0.25) is 0 Å². The first-order valence-corrected chi connectivity index (χ1v) is 9.42. The van der Waals surface area contributed by atoms with Gasteiger partial charge in [0.2, 0.25) is 0 Å². The predicted octanol–water partition coefficient (Wildman–Crippen LogP) is 4.21. The standard InChI is InChI=1S/C20H15NO4S/c22-26(23,24)20-7-3-5-14-9-11-17(12-18(14)20)25-13-16-10-8-15-4-1-2-6-19(15)21-16/h1-12H,13H2,(H,22,23,24). The third-order valence-electron chi connectivity index (χ3n) is 4.13. The molecule has 0 amide bonds. The highest BCUT2D eigenvalue weighted by Gasteiger charge is 2.14. The Hall–Kier alpha value is -2.96. The molecule has 1 N–H and O–H groups in total. The highest BCUT2D eigenvalue weighted by atomic mass is 32.2. The third-order valence-corrected chi connectivity index (χ3v) is 5.05. The van der Waals surface area contributed by atoms with E-state index in [0.29, 0.717) is 16.5 Å². The van der Waals surface area contributed by atoms with Crippen LogP contribution in [-0.2, 0) is 16.7 Å². The van der Waals surface area contributed by atoms with Crippen LogP contribution in [0, 0.1) is 0 Å². The molecule has 3 aromatic carbocycles. The van der Waals surface area contributed by atoms with Gasteiger partial charge in [-0.05, 0) is 35.7 Å². The van der Waals surface area contributed by atoms with Gasteiger partial charge in [0.05, 0.1) is 11.2 Å². The summed E-state index contributed by atoms with van der Waals surface area (Å²) in [7, 11) is -4.31. The van der Waals surface area contributed by atoms with Crippen LogP contribution in [0.3, 0.4) is 0 Å². The van der Waals surface area contributed by atoms with E-state index in [1.165, 1.54) is 6.07 Å². The molecule has 0 bridgehead atoms. The van der Waals surface area contributed by atoms with E-state index in [9.17, 15) is 13.0 Å². The Balaban J connectivity index is 1.64. The van der Waals surface area contributed by atoms with E-state index in [2.05, 4.69) is 4.98 Å². The molecule has 0 aliphatic heterocycles. The van der Waals surface area contributed by atoms with Crippen LogP contribution in [0.25, 0.3) is 21.7 Å². The number of ether oxygens (including phenoxy) is 1. The van der Waals surface area contributed by atoms with Crippen molar-refractivity contribution in [3.05, 3.63) is 78.5 Å². The number of aromatic nitrogens is 1. The number of fused-ring (bicyclic) bond motifs is 2. The molecule has 0 radical (unpaired) electrons. The van der Waals surface area contributed by atoms with Crippen molar-refractivity contribution in [2.24, 2.45) is 0 Å². The summed E-state index contributed by atoms with van der Waals surface area (Å²) >= 11 is 0. The van der Waals surface area contributed by atoms with Crippen molar-refractivity contribution in [3.8, 4) is 5.75 Å². The van der Waals surface area contributed by atoms with E-state index < -0.39 is 10.1 Å². The summed E-state index contributed by atoms with van der Waals surface area (Å²) in [4.78, 5) is 4.41. The maximum atomic E-state index is 11.6. The van der Waals surface area contributed by atoms with E-state index in [1.807, 2.05) is 36.4 Å². The molecule has 0 saturated carbocycles. The normalized spacial score (nSPS) is 11.7. The second-order valence-electron chi connectivity index (χ2n) is 5.90. The Bertz CT molecular complexity index is 1220. The lowest BCUT2D eigenvalue weighted by molar-refractivity contribution is 0.302. The van der Waals surface area contributed by atoms with Crippen LogP contribution in [0.5, 0.6) is 5.75 Å². The molecule has 5 nitrogen and oxygen atoms in total. The van der Waals surface area contributed by atoms with E-state index in [0.717, 1.165) is 16.6 Å². The zero-order valence-corrected chi connectivity index (χ0v) is 14.5. The fraction of sp³-hybridized carbons (Fsp3) is 0.0500. The average Bonchev–Trinajstić information content (AvgIpc) is 2.64. The van der Waals surface area contributed by atoms with E-state index in [1.54, 1.807) is 30.3 Å². The Morgan fingerprint density at radius 1 is 0.885 bits per heavy atom. The monoisotopic (exact) mass is 365 g/mol. The Labute approximate surface area is 150 Å². The minimum Gasteiger partial charge on any atom is -0.487 e. The van der Waals surface area contributed by atoms with Crippen LogP contribution in [0.4, 0.5) is 0 Å². The van der Waals surface area contributed by atoms with Crippen molar-refractivity contribution >= 4 is 31.8 Å². The number of nitrogens with zero attached hydrogens (tertiary/aromatic N) is 1. The van der Waals surface area contributed by atoms with Crippen LogP contribution < -0.4 is 4.74 Å². The van der Waals surface area contributed by atoms with Gasteiger partial charge in [-0.25, -0.2) is 4.98 Å². The first-order valence-electron chi connectivity index (χ1n) is 7.98. The molecule has 1 heterocycles. The summed E-state index contributed by atoms with van der Waals surface area (Å²) in [6, 6.07) is 21.6. The topological polar surface area (TPSA) is 76.5 Å². The summed E-state index contributed by atoms with van der Waals surface area (Å²) in [5.41, 5.74) is 1.66. The Kier molecular flexibility index (Phi) is 4.06. The van der Waals surface area contributed by atoms with Crippen LogP contribution in [-0.4, -0.2) is 18.0 Å². The zero-order chi connectivity index (χ0) is 18.1. The largest absolute Gasteiger partial charge is 0.487 e. The van der Waals surface area contributed by atoms with Gasteiger partial charge in [-0.2, -0.15) is 8.42 Å². The molecular formula is C20H15NO4S. The Morgan fingerprint density at radius 2 is 1.65 bits per heavy atom. The van der Waals surface area contributed by atoms with Gasteiger partial charge in [0.15, 0.2) is 0 Å².